The van der Waals surface area contributed by atoms with Crippen LogP contribution in [0.15, 0.2) is 11.0 Å². The third kappa shape index (κ3) is 3.54. The highest BCUT2D eigenvalue weighted by Gasteiger charge is 2.22. The largest absolute Gasteiger partial charge is 0.352 e. The van der Waals surface area contributed by atoms with Gasteiger partial charge in [0.2, 0.25) is 10.0 Å². The van der Waals surface area contributed by atoms with Crippen LogP contribution in [-0.4, -0.2) is 26.9 Å². The molecule has 1 heterocycles. The van der Waals surface area contributed by atoms with E-state index < -0.39 is 10.0 Å². The summed E-state index contributed by atoms with van der Waals surface area (Å²) < 4.78 is 26.5. The zero-order valence-electron chi connectivity index (χ0n) is 10.9. The molecular formula is C11H18N2O3S2. The van der Waals surface area contributed by atoms with Gasteiger partial charge in [0.15, 0.2) is 0 Å². The van der Waals surface area contributed by atoms with E-state index in [1.54, 1.807) is 20.8 Å². The van der Waals surface area contributed by atoms with Crippen molar-refractivity contribution in [1.82, 2.24) is 10.0 Å². The maximum absolute atomic E-state index is 12.0. The number of nitrogens with one attached hydrogen (secondary N) is 2. The third-order valence-corrected chi connectivity index (χ3v) is 5.08. The molecule has 0 aromatic carbocycles. The fourth-order valence-electron chi connectivity index (χ4n) is 1.47. The summed E-state index contributed by atoms with van der Waals surface area (Å²) in [4.78, 5) is 12.9. The minimum atomic E-state index is -3.54. The number of sulfonamides is 1. The van der Waals surface area contributed by atoms with Crippen molar-refractivity contribution < 1.29 is 13.2 Å². The van der Waals surface area contributed by atoms with E-state index in [0.717, 1.165) is 0 Å². The van der Waals surface area contributed by atoms with Gasteiger partial charge < -0.3 is 5.32 Å². The Bertz CT molecular complexity index is 532. The number of carbonyl (C=O) groups excluding carboxylic acids is 1. The van der Waals surface area contributed by atoms with Gasteiger partial charge in [-0.15, -0.1) is 11.3 Å². The van der Waals surface area contributed by atoms with Crippen LogP contribution in [0.1, 0.15) is 35.3 Å². The highest BCUT2D eigenvalue weighted by Crippen LogP contribution is 2.25. The Labute approximate surface area is 112 Å². The van der Waals surface area contributed by atoms with Gasteiger partial charge in [-0.25, -0.2) is 13.1 Å². The molecule has 0 aliphatic rings. The lowest BCUT2D eigenvalue weighted by Gasteiger charge is -2.08. The second kappa shape index (κ2) is 5.81. The molecule has 1 rings (SSSR count). The molecule has 0 fully saturated rings. The summed E-state index contributed by atoms with van der Waals surface area (Å²) in [6, 6.07) is 1.25. The van der Waals surface area contributed by atoms with Gasteiger partial charge in [0, 0.05) is 17.5 Å². The third-order valence-electron chi connectivity index (χ3n) is 2.11. The van der Waals surface area contributed by atoms with Gasteiger partial charge in [-0.2, -0.15) is 0 Å². The summed E-state index contributed by atoms with van der Waals surface area (Å²) in [6.07, 6.45) is 0. The molecule has 0 unspecified atom stereocenters. The van der Waals surface area contributed by atoms with Crippen LogP contribution in [0.25, 0.3) is 0 Å². The molecule has 5 nitrogen and oxygen atoms in total. The summed E-state index contributed by atoms with van der Waals surface area (Å²) in [5.41, 5.74) is 0. The second-order valence-electron chi connectivity index (χ2n) is 4.17. The summed E-state index contributed by atoms with van der Waals surface area (Å²) in [5.74, 6) is -0.239. The van der Waals surface area contributed by atoms with Gasteiger partial charge in [0.1, 0.15) is 0 Å². The molecule has 0 bridgehead atoms. The molecule has 7 heteroatoms. The van der Waals surface area contributed by atoms with E-state index in [2.05, 4.69) is 10.0 Å². The predicted octanol–water partition coefficient (Wildman–Crippen LogP) is 1.49. The summed E-state index contributed by atoms with van der Waals surface area (Å²) in [5, 5.41) is 2.65. The molecule has 0 aliphatic heterocycles. The first kappa shape index (κ1) is 15.1. The van der Waals surface area contributed by atoms with Crippen LogP contribution in [-0.2, 0) is 10.0 Å². The number of hydrogen-bond donors (Lipinski definition) is 2. The first-order chi connectivity index (χ1) is 8.27. The van der Waals surface area contributed by atoms with Crippen molar-refractivity contribution >= 4 is 27.3 Å². The van der Waals surface area contributed by atoms with E-state index in [-0.39, 0.29) is 16.8 Å². The Morgan fingerprint density at radius 3 is 2.56 bits per heavy atom. The molecule has 0 saturated carbocycles. The zero-order chi connectivity index (χ0) is 13.9. The topological polar surface area (TPSA) is 75.3 Å². The maximum Gasteiger partial charge on any atom is 0.261 e. The van der Waals surface area contributed by atoms with Crippen LogP contribution in [0.2, 0.25) is 0 Å². The van der Waals surface area contributed by atoms with Crippen molar-refractivity contribution in [2.24, 2.45) is 0 Å². The first-order valence-corrected chi connectivity index (χ1v) is 7.99. The van der Waals surface area contributed by atoms with Crippen molar-refractivity contribution in [3.05, 3.63) is 15.8 Å². The van der Waals surface area contributed by atoms with Gasteiger partial charge >= 0.3 is 0 Å². The minimum absolute atomic E-state index is 0.179. The molecule has 2 N–H and O–H groups in total. The van der Waals surface area contributed by atoms with Crippen molar-refractivity contribution in [2.75, 3.05) is 6.54 Å². The average Bonchev–Trinajstić information content (AvgIpc) is 2.59. The fraction of sp³-hybridized carbons (Fsp3) is 0.545. The number of amides is 1. The Balaban J connectivity index is 3.09. The number of aryl methyl sites for hydroxylation is 1. The smallest absolute Gasteiger partial charge is 0.261 e. The molecule has 18 heavy (non-hydrogen) atoms. The molecule has 1 amide bonds. The average molecular weight is 290 g/mol. The van der Waals surface area contributed by atoms with E-state index in [4.69, 9.17) is 0 Å². The SMILES string of the molecule is CCNC(=O)c1cc(S(=O)(=O)NC(C)C)c(C)s1. The highest BCUT2D eigenvalue weighted by atomic mass is 32.2. The van der Waals surface area contributed by atoms with Crippen molar-refractivity contribution in [2.45, 2.75) is 38.6 Å². The molecule has 0 saturated heterocycles. The molecule has 0 spiro atoms. The highest BCUT2D eigenvalue weighted by molar-refractivity contribution is 7.89. The van der Waals surface area contributed by atoms with E-state index in [1.807, 2.05) is 6.92 Å². The van der Waals surface area contributed by atoms with E-state index >= 15 is 0 Å². The van der Waals surface area contributed by atoms with E-state index in [1.165, 1.54) is 17.4 Å². The Hall–Kier alpha value is -0.920. The first-order valence-electron chi connectivity index (χ1n) is 5.69. The maximum atomic E-state index is 12.0. The normalized spacial score (nSPS) is 11.8. The van der Waals surface area contributed by atoms with Crippen molar-refractivity contribution in [1.29, 1.82) is 0 Å². The van der Waals surface area contributed by atoms with Crippen LogP contribution >= 0.6 is 11.3 Å². The van der Waals surface area contributed by atoms with Crippen LogP contribution in [0.4, 0.5) is 0 Å². The molecular weight excluding hydrogens is 272 g/mol. The minimum Gasteiger partial charge on any atom is -0.352 e. The lowest BCUT2D eigenvalue weighted by atomic mass is 10.4. The zero-order valence-corrected chi connectivity index (χ0v) is 12.5. The predicted molar refractivity (Wildman–Crippen MR) is 72.5 cm³/mol. The van der Waals surface area contributed by atoms with Crippen molar-refractivity contribution in [3.8, 4) is 0 Å². The number of thiophene rings is 1. The van der Waals surface area contributed by atoms with Crippen molar-refractivity contribution in [3.63, 3.8) is 0 Å². The summed E-state index contributed by atoms with van der Waals surface area (Å²) in [6.45, 7) is 7.54. The Morgan fingerprint density at radius 2 is 2.06 bits per heavy atom. The molecule has 0 atom stereocenters. The molecule has 0 aliphatic carbocycles. The Kier molecular flexibility index (Phi) is 4.89. The molecule has 0 radical (unpaired) electrons. The summed E-state index contributed by atoms with van der Waals surface area (Å²) >= 11 is 1.19. The second-order valence-corrected chi connectivity index (χ2v) is 7.11. The van der Waals surface area contributed by atoms with Crippen LogP contribution < -0.4 is 10.0 Å². The van der Waals surface area contributed by atoms with E-state index in [9.17, 15) is 13.2 Å². The van der Waals surface area contributed by atoms with Gasteiger partial charge in [-0.1, -0.05) is 0 Å². The molecule has 1 aromatic heterocycles. The monoisotopic (exact) mass is 290 g/mol. The summed E-state index contributed by atoms with van der Waals surface area (Å²) in [7, 11) is -3.54. The van der Waals surface area contributed by atoms with Crippen LogP contribution in [0.5, 0.6) is 0 Å². The number of carbonyl (C=O) groups is 1. The van der Waals surface area contributed by atoms with Crippen LogP contribution in [0, 0.1) is 6.92 Å². The lowest BCUT2D eigenvalue weighted by Crippen LogP contribution is -2.30. The van der Waals surface area contributed by atoms with Gasteiger partial charge in [-0.05, 0) is 33.8 Å². The number of rotatable bonds is 5. The van der Waals surface area contributed by atoms with Gasteiger partial charge in [0.25, 0.3) is 5.91 Å². The van der Waals surface area contributed by atoms with Gasteiger partial charge in [-0.3, -0.25) is 4.79 Å². The number of hydrogen-bond acceptors (Lipinski definition) is 4. The molecule has 1 aromatic rings. The standard InChI is InChI=1S/C11H18N2O3S2/c1-5-12-11(14)9-6-10(8(4)17-9)18(15,16)13-7(2)3/h6-7,13H,5H2,1-4H3,(H,12,14). The Morgan fingerprint density at radius 1 is 1.44 bits per heavy atom. The molecule has 102 valence electrons. The van der Waals surface area contributed by atoms with Crippen LogP contribution in [0.3, 0.4) is 0 Å². The lowest BCUT2D eigenvalue weighted by molar-refractivity contribution is 0.0959. The van der Waals surface area contributed by atoms with E-state index in [0.29, 0.717) is 16.3 Å². The van der Waals surface area contributed by atoms with Gasteiger partial charge in [0.05, 0.1) is 9.77 Å². The quantitative estimate of drug-likeness (QED) is 0.862. The fourth-order valence-corrected chi connectivity index (χ4v) is 4.22.